The quantitative estimate of drug-likeness (QED) is 0.119. The van der Waals surface area contributed by atoms with Crippen molar-refractivity contribution in [1.29, 1.82) is 0 Å². The molecule has 0 saturated heterocycles. The number of para-hydroxylation sites is 2. The molecule has 0 aliphatic carbocycles. The highest BCUT2D eigenvalue weighted by Crippen LogP contribution is 2.30. The van der Waals surface area contributed by atoms with Crippen molar-refractivity contribution in [3.63, 3.8) is 0 Å². The maximum atomic E-state index is 13.1. The van der Waals surface area contributed by atoms with E-state index in [2.05, 4.69) is 67.7 Å². The van der Waals surface area contributed by atoms with E-state index in [0.29, 0.717) is 29.2 Å². The molecule has 4 aromatic carbocycles. The van der Waals surface area contributed by atoms with E-state index in [4.69, 9.17) is 14.6 Å². The van der Waals surface area contributed by atoms with Crippen LogP contribution in [0, 0.1) is 0 Å². The third-order valence-corrected chi connectivity index (χ3v) is 7.50. The molecule has 2 N–H and O–H groups in total. The van der Waals surface area contributed by atoms with Crippen molar-refractivity contribution in [3.05, 3.63) is 125 Å². The van der Waals surface area contributed by atoms with Crippen molar-refractivity contribution in [2.24, 2.45) is 0 Å². The Kier molecular flexibility index (Phi) is 12.4. The summed E-state index contributed by atoms with van der Waals surface area (Å²) in [5, 5.41) is 11.8. The van der Waals surface area contributed by atoms with E-state index in [-0.39, 0.29) is 25.0 Å². The maximum Gasteiger partial charge on any atom is 0.303 e. The van der Waals surface area contributed by atoms with Crippen LogP contribution >= 0.6 is 0 Å². The van der Waals surface area contributed by atoms with Crippen LogP contribution < -0.4 is 14.8 Å². The molecule has 0 spiro atoms. The van der Waals surface area contributed by atoms with Gasteiger partial charge in [-0.05, 0) is 90.8 Å². The largest absolute Gasteiger partial charge is 0.491 e. The Morgan fingerprint density at radius 2 is 1.30 bits per heavy atom. The summed E-state index contributed by atoms with van der Waals surface area (Å²) in [6.45, 7) is 4.66. The van der Waals surface area contributed by atoms with Gasteiger partial charge in [-0.25, -0.2) is 0 Å². The zero-order valence-corrected chi connectivity index (χ0v) is 25.8. The molecule has 6 nitrogen and oxygen atoms in total. The van der Waals surface area contributed by atoms with Gasteiger partial charge < -0.3 is 19.9 Å². The fourth-order valence-electron chi connectivity index (χ4n) is 4.93. The molecule has 6 heteroatoms. The number of carbonyl (C=O) groups excluding carboxylic acids is 1. The number of ether oxygens (including phenoxy) is 2. The van der Waals surface area contributed by atoms with Gasteiger partial charge in [-0.2, -0.15) is 0 Å². The molecule has 230 valence electrons. The number of unbranched alkanes of at least 4 members (excludes halogenated alkanes) is 2. The van der Waals surface area contributed by atoms with E-state index in [1.165, 1.54) is 36.8 Å². The summed E-state index contributed by atoms with van der Waals surface area (Å²) in [6.07, 6.45) is 6.93. The second-order valence-electron chi connectivity index (χ2n) is 11.0. The van der Waals surface area contributed by atoms with Crippen LogP contribution in [-0.2, 0) is 17.6 Å². The Balaban J connectivity index is 1.47. The first-order chi connectivity index (χ1) is 21.5. The summed E-state index contributed by atoms with van der Waals surface area (Å²) in [6, 6.07) is 31.7. The average Bonchev–Trinajstić information content (AvgIpc) is 3.05. The summed E-state index contributed by atoms with van der Waals surface area (Å²) >= 11 is 0. The van der Waals surface area contributed by atoms with E-state index in [0.717, 1.165) is 24.0 Å². The SMILES string of the molecule is CCCCc1ccc(C(Oc2ccc(C(=O)Nc3ccccc3OCCCC(=O)O)cc2)c2ccc(CCCC)cc2)cc1. The van der Waals surface area contributed by atoms with Crippen molar-refractivity contribution in [2.75, 3.05) is 11.9 Å². The highest BCUT2D eigenvalue weighted by Gasteiger charge is 2.18. The lowest BCUT2D eigenvalue weighted by molar-refractivity contribution is -0.137. The Hall–Kier alpha value is -4.58. The minimum absolute atomic E-state index is 0.0261. The molecule has 0 saturated carbocycles. The third-order valence-electron chi connectivity index (χ3n) is 7.50. The lowest BCUT2D eigenvalue weighted by Crippen LogP contribution is -2.13. The van der Waals surface area contributed by atoms with E-state index < -0.39 is 5.97 Å². The van der Waals surface area contributed by atoms with E-state index >= 15 is 0 Å². The van der Waals surface area contributed by atoms with Gasteiger partial charge in [0.15, 0.2) is 0 Å². The minimum atomic E-state index is -0.866. The normalized spacial score (nSPS) is 10.9. The molecular weight excluding hydrogens is 550 g/mol. The number of carbonyl (C=O) groups is 2. The predicted molar refractivity (Wildman–Crippen MR) is 176 cm³/mol. The number of anilines is 1. The van der Waals surface area contributed by atoms with Crippen LogP contribution in [0.15, 0.2) is 97.1 Å². The molecule has 4 rings (SSSR count). The molecule has 0 aliphatic heterocycles. The Morgan fingerprint density at radius 1 is 0.727 bits per heavy atom. The second kappa shape index (κ2) is 16.9. The first-order valence-corrected chi connectivity index (χ1v) is 15.7. The first kappa shape index (κ1) is 32.3. The molecule has 0 aromatic heterocycles. The van der Waals surface area contributed by atoms with Crippen molar-refractivity contribution in [3.8, 4) is 11.5 Å². The van der Waals surface area contributed by atoms with Crippen LogP contribution in [0.1, 0.15) is 91.1 Å². The number of benzene rings is 4. The predicted octanol–water partition coefficient (Wildman–Crippen LogP) is 9.04. The van der Waals surface area contributed by atoms with Crippen LogP contribution in [-0.4, -0.2) is 23.6 Å². The number of carboxylic acid groups (broad SMARTS) is 1. The van der Waals surface area contributed by atoms with Gasteiger partial charge in [0.2, 0.25) is 0 Å². The molecule has 0 bridgehead atoms. The first-order valence-electron chi connectivity index (χ1n) is 15.7. The third kappa shape index (κ3) is 9.73. The molecular formula is C38H43NO5. The molecule has 0 unspecified atom stereocenters. The average molecular weight is 594 g/mol. The monoisotopic (exact) mass is 593 g/mol. The Morgan fingerprint density at radius 3 is 1.84 bits per heavy atom. The molecule has 0 fully saturated rings. The van der Waals surface area contributed by atoms with E-state index in [1.807, 2.05) is 24.3 Å². The summed E-state index contributed by atoms with van der Waals surface area (Å²) in [5.74, 6) is 0.0175. The number of amides is 1. The van der Waals surface area contributed by atoms with Gasteiger partial charge in [0.05, 0.1) is 12.3 Å². The molecule has 0 heterocycles. The fraction of sp³-hybridized carbons (Fsp3) is 0.316. The van der Waals surface area contributed by atoms with Gasteiger partial charge in [-0.15, -0.1) is 0 Å². The zero-order chi connectivity index (χ0) is 31.1. The summed E-state index contributed by atoms with van der Waals surface area (Å²) in [4.78, 5) is 23.9. The molecule has 0 radical (unpaired) electrons. The Labute approximate surface area is 261 Å². The molecule has 1 amide bonds. The number of aryl methyl sites for hydroxylation is 2. The van der Waals surface area contributed by atoms with Gasteiger partial charge >= 0.3 is 5.97 Å². The zero-order valence-electron chi connectivity index (χ0n) is 25.8. The van der Waals surface area contributed by atoms with Crippen LogP contribution in [0.25, 0.3) is 0 Å². The van der Waals surface area contributed by atoms with Crippen LogP contribution in [0.2, 0.25) is 0 Å². The number of hydrogen-bond acceptors (Lipinski definition) is 4. The van der Waals surface area contributed by atoms with Crippen molar-refractivity contribution in [1.82, 2.24) is 0 Å². The van der Waals surface area contributed by atoms with Crippen molar-refractivity contribution >= 4 is 17.6 Å². The smallest absolute Gasteiger partial charge is 0.303 e. The lowest BCUT2D eigenvalue weighted by Gasteiger charge is -2.21. The maximum absolute atomic E-state index is 13.1. The number of aliphatic carboxylic acids is 1. The van der Waals surface area contributed by atoms with Crippen LogP contribution in [0.5, 0.6) is 11.5 Å². The summed E-state index contributed by atoms with van der Waals surface area (Å²) < 4.78 is 12.3. The van der Waals surface area contributed by atoms with Gasteiger partial charge in [0.1, 0.15) is 17.6 Å². The Bertz CT molecular complexity index is 1410. The minimum Gasteiger partial charge on any atom is -0.491 e. The van der Waals surface area contributed by atoms with Crippen molar-refractivity contribution < 1.29 is 24.2 Å². The lowest BCUT2D eigenvalue weighted by atomic mass is 9.97. The summed E-state index contributed by atoms with van der Waals surface area (Å²) in [7, 11) is 0. The topological polar surface area (TPSA) is 84.9 Å². The number of carboxylic acids is 1. The molecule has 0 atom stereocenters. The van der Waals surface area contributed by atoms with Crippen molar-refractivity contribution in [2.45, 2.75) is 71.3 Å². The van der Waals surface area contributed by atoms with Crippen LogP contribution in [0.4, 0.5) is 5.69 Å². The molecule has 0 aliphatic rings. The standard InChI is InChI=1S/C38H43NO5/c1-3-5-10-28-15-19-30(20-16-28)37(31-21-17-29(18-22-31)11-6-4-2)44-33-25-23-32(24-26-33)38(42)39-34-12-7-8-13-35(34)43-27-9-14-36(40)41/h7-8,12-13,15-26,37H,3-6,9-11,14,27H2,1-2H3,(H,39,42)(H,40,41). The van der Waals surface area contributed by atoms with Gasteiger partial charge in [-0.3, -0.25) is 9.59 Å². The van der Waals surface area contributed by atoms with E-state index in [1.54, 1.807) is 24.3 Å². The molecule has 44 heavy (non-hydrogen) atoms. The number of nitrogens with one attached hydrogen (secondary N) is 1. The van der Waals surface area contributed by atoms with Gasteiger partial charge in [-0.1, -0.05) is 87.4 Å². The van der Waals surface area contributed by atoms with Gasteiger partial charge in [0, 0.05) is 12.0 Å². The summed E-state index contributed by atoms with van der Waals surface area (Å²) in [5.41, 5.74) is 5.81. The van der Waals surface area contributed by atoms with Gasteiger partial charge in [0.25, 0.3) is 5.91 Å². The highest BCUT2D eigenvalue weighted by molar-refractivity contribution is 6.05. The fourth-order valence-corrected chi connectivity index (χ4v) is 4.93. The number of rotatable bonds is 17. The van der Waals surface area contributed by atoms with Crippen LogP contribution in [0.3, 0.4) is 0 Å². The van der Waals surface area contributed by atoms with E-state index in [9.17, 15) is 9.59 Å². The highest BCUT2D eigenvalue weighted by atomic mass is 16.5. The molecule has 4 aromatic rings. The second-order valence-corrected chi connectivity index (χ2v) is 11.0. The number of hydrogen-bond donors (Lipinski definition) is 2.